The fraction of sp³-hybridized carbons (Fsp3) is 0.222. The summed E-state index contributed by atoms with van der Waals surface area (Å²) in [4.78, 5) is 24.5. The Morgan fingerprint density at radius 1 is 1.09 bits per heavy atom. The van der Waals surface area contributed by atoms with Crippen LogP contribution in [-0.4, -0.2) is 21.8 Å². The average molecular weight is 298 g/mol. The summed E-state index contributed by atoms with van der Waals surface area (Å²) in [6.45, 7) is 4.42. The molecular weight excluding hydrogens is 280 g/mol. The number of carbonyl (C=O) groups excluding carboxylic acids is 2. The van der Waals surface area contributed by atoms with Gasteiger partial charge in [0.05, 0.1) is 5.41 Å². The summed E-state index contributed by atoms with van der Waals surface area (Å²) in [7, 11) is 0. The Kier molecular flexibility index (Phi) is 4.04. The molecule has 0 bridgehead atoms. The topological polar surface area (TPSA) is 74.6 Å². The molecule has 1 aromatic carbocycles. The largest absolute Gasteiger partial charge is 0.507 e. The van der Waals surface area contributed by atoms with Crippen molar-refractivity contribution in [2.24, 2.45) is 5.41 Å². The van der Waals surface area contributed by atoms with E-state index in [4.69, 9.17) is 0 Å². The first kappa shape index (κ1) is 15.8. The number of hydrogen-bond acceptors (Lipinski definition) is 4. The molecule has 0 radical (unpaired) electrons. The van der Waals surface area contributed by atoms with Gasteiger partial charge < -0.3 is 10.2 Å². The van der Waals surface area contributed by atoms with Crippen LogP contribution < -0.4 is 0 Å². The van der Waals surface area contributed by atoms with Gasteiger partial charge in [-0.15, -0.1) is 0 Å². The maximum atomic E-state index is 12.4. The molecule has 0 saturated carbocycles. The van der Waals surface area contributed by atoms with E-state index in [1.54, 1.807) is 6.08 Å². The number of aliphatic hydroxyl groups excluding tert-OH is 2. The molecular formula is C18H18O4. The summed E-state index contributed by atoms with van der Waals surface area (Å²) in [5, 5.41) is 20.2. The van der Waals surface area contributed by atoms with Crippen LogP contribution in [0.15, 0.2) is 59.1 Å². The van der Waals surface area contributed by atoms with E-state index in [-0.39, 0.29) is 16.9 Å². The van der Waals surface area contributed by atoms with Crippen LogP contribution in [0.5, 0.6) is 0 Å². The highest BCUT2D eigenvalue weighted by atomic mass is 16.3. The number of ketones is 2. The molecule has 4 heteroatoms. The lowest BCUT2D eigenvalue weighted by molar-refractivity contribution is -0.135. The van der Waals surface area contributed by atoms with E-state index in [9.17, 15) is 19.8 Å². The van der Waals surface area contributed by atoms with Crippen LogP contribution >= 0.6 is 0 Å². The second-order valence-electron chi connectivity index (χ2n) is 5.76. The third-order valence-corrected chi connectivity index (χ3v) is 3.78. The number of rotatable bonds is 2. The van der Waals surface area contributed by atoms with Crippen LogP contribution in [-0.2, 0) is 9.59 Å². The molecule has 4 nitrogen and oxygen atoms in total. The summed E-state index contributed by atoms with van der Waals surface area (Å²) in [6, 6.07) is 9.24. The van der Waals surface area contributed by atoms with Gasteiger partial charge in [-0.2, -0.15) is 0 Å². The van der Waals surface area contributed by atoms with Crippen molar-refractivity contribution in [3.05, 3.63) is 64.6 Å². The fourth-order valence-corrected chi connectivity index (χ4v) is 2.35. The minimum absolute atomic E-state index is 0.0826. The fourth-order valence-electron chi connectivity index (χ4n) is 2.35. The van der Waals surface area contributed by atoms with Gasteiger partial charge in [-0.3, -0.25) is 9.59 Å². The molecule has 0 spiro atoms. The van der Waals surface area contributed by atoms with Crippen molar-refractivity contribution >= 4 is 17.6 Å². The zero-order chi connectivity index (χ0) is 16.5. The highest BCUT2D eigenvalue weighted by Gasteiger charge is 2.45. The lowest BCUT2D eigenvalue weighted by Gasteiger charge is -2.28. The predicted molar refractivity (Wildman–Crippen MR) is 84.3 cm³/mol. The zero-order valence-corrected chi connectivity index (χ0v) is 12.8. The number of benzene rings is 1. The van der Waals surface area contributed by atoms with E-state index in [0.29, 0.717) is 0 Å². The molecule has 0 heterocycles. The molecule has 2 N–H and O–H groups in total. The van der Waals surface area contributed by atoms with Gasteiger partial charge in [0.15, 0.2) is 11.6 Å². The van der Waals surface area contributed by atoms with Crippen LogP contribution in [0.2, 0.25) is 0 Å². The van der Waals surface area contributed by atoms with Gasteiger partial charge in [-0.1, -0.05) is 36.4 Å². The Bertz CT molecular complexity index is 719. The first-order valence-electron chi connectivity index (χ1n) is 6.93. The van der Waals surface area contributed by atoms with Gasteiger partial charge in [0, 0.05) is 5.57 Å². The smallest absolute Gasteiger partial charge is 0.183 e. The van der Waals surface area contributed by atoms with E-state index in [2.05, 4.69) is 0 Å². The molecule has 1 aromatic rings. The Labute approximate surface area is 129 Å². The number of hydrogen-bond donors (Lipinski definition) is 2. The van der Waals surface area contributed by atoms with Gasteiger partial charge in [-0.05, 0) is 32.4 Å². The molecule has 0 fully saturated rings. The molecule has 0 amide bonds. The molecule has 0 saturated heterocycles. The Morgan fingerprint density at radius 2 is 1.68 bits per heavy atom. The summed E-state index contributed by atoms with van der Waals surface area (Å²) in [5.74, 6) is -1.83. The van der Waals surface area contributed by atoms with Gasteiger partial charge in [0.2, 0.25) is 0 Å². The first-order valence-corrected chi connectivity index (χ1v) is 6.93. The van der Waals surface area contributed by atoms with Gasteiger partial charge >= 0.3 is 0 Å². The van der Waals surface area contributed by atoms with Crippen molar-refractivity contribution in [2.75, 3.05) is 0 Å². The van der Waals surface area contributed by atoms with Crippen LogP contribution in [0.25, 0.3) is 6.08 Å². The van der Waals surface area contributed by atoms with Crippen LogP contribution in [0.4, 0.5) is 0 Å². The van der Waals surface area contributed by atoms with Crippen molar-refractivity contribution in [3.8, 4) is 0 Å². The van der Waals surface area contributed by atoms with Crippen molar-refractivity contribution < 1.29 is 19.8 Å². The molecule has 1 aliphatic rings. The second kappa shape index (κ2) is 5.64. The summed E-state index contributed by atoms with van der Waals surface area (Å²) >= 11 is 0. The van der Waals surface area contributed by atoms with Gasteiger partial charge in [-0.25, -0.2) is 0 Å². The van der Waals surface area contributed by atoms with Crippen molar-refractivity contribution in [2.45, 2.75) is 20.8 Å². The van der Waals surface area contributed by atoms with E-state index >= 15 is 0 Å². The summed E-state index contributed by atoms with van der Waals surface area (Å²) in [6.07, 6.45) is 2.97. The van der Waals surface area contributed by atoms with Crippen molar-refractivity contribution in [1.82, 2.24) is 0 Å². The number of Topliss-reactive ketones (excluding diaryl/α,β-unsaturated/α-hetero) is 2. The average Bonchev–Trinajstić information content (AvgIpc) is 2.51. The quantitative estimate of drug-likeness (QED) is 0.497. The van der Waals surface area contributed by atoms with E-state index in [1.165, 1.54) is 26.8 Å². The SMILES string of the molecule is CC1=C(O)C(=C(O)/C=C/c2ccccc2)C(=O)C(C)(C)C1=O. The van der Waals surface area contributed by atoms with Crippen LogP contribution in [0.1, 0.15) is 26.3 Å². The number of allylic oxidation sites excluding steroid dienone is 3. The Morgan fingerprint density at radius 3 is 2.27 bits per heavy atom. The molecule has 0 aliphatic heterocycles. The second-order valence-corrected chi connectivity index (χ2v) is 5.76. The first-order chi connectivity index (χ1) is 10.3. The maximum Gasteiger partial charge on any atom is 0.183 e. The van der Waals surface area contributed by atoms with E-state index in [0.717, 1.165) is 5.56 Å². The normalized spacial score (nSPS) is 20.7. The monoisotopic (exact) mass is 298 g/mol. The molecule has 0 aromatic heterocycles. The molecule has 22 heavy (non-hydrogen) atoms. The third kappa shape index (κ3) is 2.60. The van der Waals surface area contributed by atoms with Crippen molar-refractivity contribution in [3.63, 3.8) is 0 Å². The molecule has 0 atom stereocenters. The van der Waals surface area contributed by atoms with Gasteiger partial charge in [0.25, 0.3) is 0 Å². The Balaban J connectivity index is 2.51. The van der Waals surface area contributed by atoms with Crippen LogP contribution in [0, 0.1) is 5.41 Å². The lowest BCUT2D eigenvalue weighted by Crippen LogP contribution is -2.40. The van der Waals surface area contributed by atoms with E-state index < -0.39 is 22.7 Å². The summed E-state index contributed by atoms with van der Waals surface area (Å²) in [5.41, 5.74) is -0.581. The predicted octanol–water partition coefficient (Wildman–Crippen LogP) is 3.52. The third-order valence-electron chi connectivity index (χ3n) is 3.78. The lowest BCUT2D eigenvalue weighted by atomic mass is 9.72. The van der Waals surface area contributed by atoms with Crippen LogP contribution in [0.3, 0.4) is 0 Å². The zero-order valence-electron chi connectivity index (χ0n) is 12.8. The molecule has 0 unspecified atom stereocenters. The minimum Gasteiger partial charge on any atom is -0.507 e. The summed E-state index contributed by atoms with van der Waals surface area (Å²) < 4.78 is 0. The molecule has 114 valence electrons. The maximum absolute atomic E-state index is 12.4. The molecule has 1 aliphatic carbocycles. The van der Waals surface area contributed by atoms with Crippen molar-refractivity contribution in [1.29, 1.82) is 0 Å². The van der Waals surface area contributed by atoms with E-state index in [1.807, 2.05) is 30.3 Å². The molecule has 2 rings (SSSR count). The minimum atomic E-state index is -1.29. The Hall–Kier alpha value is -2.62. The number of aliphatic hydroxyl groups is 2. The highest BCUT2D eigenvalue weighted by molar-refractivity contribution is 6.24. The number of carbonyl (C=O) groups is 2. The van der Waals surface area contributed by atoms with Gasteiger partial charge in [0.1, 0.15) is 17.1 Å². The highest BCUT2D eigenvalue weighted by Crippen LogP contribution is 2.36. The standard InChI is InChI=1S/C18H18O4/c1-11-15(20)14(17(22)18(2,3)16(11)21)13(19)10-9-12-7-5-4-6-8-12/h4-10,19-20H,1-3H3/b10-9+,14-13?.